The fourth-order valence-corrected chi connectivity index (χ4v) is 4.21. The molecule has 0 aliphatic heterocycles. The zero-order valence-electron chi connectivity index (χ0n) is 19.4. The number of hydrogen-bond donors (Lipinski definition) is 1. The van der Waals surface area contributed by atoms with Crippen molar-refractivity contribution in [2.75, 3.05) is 7.11 Å². The first kappa shape index (κ1) is 21.9. The van der Waals surface area contributed by atoms with Crippen molar-refractivity contribution in [1.29, 1.82) is 0 Å². The molecule has 11 nitrogen and oxygen atoms in total. The summed E-state index contributed by atoms with van der Waals surface area (Å²) in [5.41, 5.74) is 3.86. The Labute approximate surface area is 204 Å². The lowest BCUT2D eigenvalue weighted by atomic mass is 10.1. The van der Waals surface area contributed by atoms with Crippen LogP contribution in [0.25, 0.3) is 11.3 Å². The van der Waals surface area contributed by atoms with Crippen LogP contribution in [0.15, 0.2) is 55.5 Å². The molecule has 182 valence electrons. The van der Waals surface area contributed by atoms with E-state index >= 15 is 0 Å². The van der Waals surface area contributed by atoms with Crippen LogP contribution in [0.2, 0.25) is 0 Å². The van der Waals surface area contributed by atoms with Gasteiger partial charge < -0.3 is 19.0 Å². The molecule has 0 radical (unpaired) electrons. The van der Waals surface area contributed by atoms with E-state index in [0.29, 0.717) is 18.2 Å². The number of nitrogens with one attached hydrogen (secondary N) is 1. The van der Waals surface area contributed by atoms with Gasteiger partial charge in [0.15, 0.2) is 11.6 Å². The van der Waals surface area contributed by atoms with Crippen LogP contribution in [0.5, 0.6) is 5.75 Å². The molecule has 12 heteroatoms. The van der Waals surface area contributed by atoms with Crippen LogP contribution in [0, 0.1) is 5.82 Å². The van der Waals surface area contributed by atoms with E-state index in [-0.39, 0.29) is 23.6 Å². The predicted octanol–water partition coefficient (Wildman–Crippen LogP) is 2.51. The molecule has 6 rings (SSSR count). The number of ether oxygens (including phenoxy) is 1. The first-order chi connectivity index (χ1) is 17.6. The normalized spacial score (nSPS) is 13.3. The highest BCUT2D eigenvalue weighted by molar-refractivity contribution is 5.92. The Bertz CT molecular complexity index is 1550. The van der Waals surface area contributed by atoms with Crippen LogP contribution < -0.4 is 10.1 Å². The van der Waals surface area contributed by atoms with Crippen LogP contribution >= 0.6 is 0 Å². The summed E-state index contributed by atoms with van der Waals surface area (Å²) in [6.45, 7) is 0.356. The molecule has 36 heavy (non-hydrogen) atoms. The quantitative estimate of drug-likeness (QED) is 0.357. The Hall–Kier alpha value is -4.61. The third-order valence-electron chi connectivity index (χ3n) is 6.21. The Morgan fingerprint density at radius 3 is 2.83 bits per heavy atom. The van der Waals surface area contributed by atoms with Crippen molar-refractivity contribution in [3.63, 3.8) is 0 Å². The number of benzene rings is 1. The summed E-state index contributed by atoms with van der Waals surface area (Å²) < 4.78 is 25.2. The van der Waals surface area contributed by atoms with E-state index in [4.69, 9.17) is 4.74 Å². The van der Waals surface area contributed by atoms with Crippen molar-refractivity contribution in [1.82, 2.24) is 44.5 Å². The van der Waals surface area contributed by atoms with Crippen molar-refractivity contribution < 1.29 is 13.9 Å². The zero-order valence-corrected chi connectivity index (χ0v) is 19.4. The van der Waals surface area contributed by atoms with Gasteiger partial charge in [-0.15, -0.1) is 5.10 Å². The fraction of sp³-hybridized carbons (Fsp3) is 0.250. The van der Waals surface area contributed by atoms with E-state index in [9.17, 15) is 9.18 Å². The van der Waals surface area contributed by atoms with Crippen LogP contribution in [-0.4, -0.2) is 52.2 Å². The van der Waals surface area contributed by atoms with E-state index in [2.05, 4.69) is 43.1 Å². The third kappa shape index (κ3) is 4.17. The van der Waals surface area contributed by atoms with Crippen LogP contribution in [0.4, 0.5) is 4.39 Å². The minimum Gasteiger partial charge on any atom is -0.494 e. The van der Waals surface area contributed by atoms with Gasteiger partial charge in [-0.05, 0) is 52.9 Å². The highest BCUT2D eigenvalue weighted by Gasteiger charge is 2.24. The molecule has 0 atom stereocenters. The topological polar surface area (TPSA) is 117 Å². The molecule has 1 saturated carbocycles. The average molecular weight is 487 g/mol. The van der Waals surface area contributed by atoms with E-state index < -0.39 is 11.7 Å². The Balaban J connectivity index is 1.16. The molecule has 0 saturated heterocycles. The highest BCUT2D eigenvalue weighted by Crippen LogP contribution is 2.39. The number of tetrazole rings is 1. The number of carbonyl (C=O) groups excluding carboxylic acids is 1. The van der Waals surface area contributed by atoms with Gasteiger partial charge in [0, 0.05) is 30.7 Å². The molecule has 0 unspecified atom stereocenters. The predicted molar refractivity (Wildman–Crippen MR) is 125 cm³/mol. The molecule has 0 bridgehead atoms. The van der Waals surface area contributed by atoms with E-state index in [0.717, 1.165) is 11.3 Å². The molecule has 1 N–H and O–H groups in total. The summed E-state index contributed by atoms with van der Waals surface area (Å²) in [5, 5.41) is 13.7. The van der Waals surface area contributed by atoms with Crippen LogP contribution in [0.1, 0.15) is 46.1 Å². The second kappa shape index (κ2) is 8.87. The SMILES string of the molecule is COc1ccc(-n2cnnn2)c(CNC(=O)c2cn(Cc3cn4cc(C5CC5)ccc4n3)cn2)c1F. The number of nitrogens with zero attached hydrogens (tertiary/aromatic N) is 8. The molecule has 1 aliphatic carbocycles. The van der Waals surface area contributed by atoms with Gasteiger partial charge in [-0.1, -0.05) is 6.07 Å². The largest absolute Gasteiger partial charge is 0.494 e. The fourth-order valence-electron chi connectivity index (χ4n) is 4.21. The Morgan fingerprint density at radius 2 is 2.06 bits per heavy atom. The van der Waals surface area contributed by atoms with Gasteiger partial charge in [0.05, 0.1) is 31.4 Å². The lowest BCUT2D eigenvalue weighted by Crippen LogP contribution is -2.24. The van der Waals surface area contributed by atoms with Gasteiger partial charge >= 0.3 is 0 Å². The maximum absolute atomic E-state index is 15.0. The molecule has 0 spiro atoms. The minimum absolute atomic E-state index is 0.0528. The Kier molecular flexibility index (Phi) is 5.40. The molecule has 4 heterocycles. The molecule has 1 amide bonds. The number of methoxy groups -OCH3 is 1. The summed E-state index contributed by atoms with van der Waals surface area (Å²) in [5.74, 6) is -0.322. The summed E-state index contributed by atoms with van der Waals surface area (Å²) in [4.78, 5) is 21.7. The van der Waals surface area contributed by atoms with Gasteiger partial charge in [0.1, 0.15) is 17.7 Å². The lowest BCUT2D eigenvalue weighted by molar-refractivity contribution is 0.0946. The van der Waals surface area contributed by atoms with Crippen molar-refractivity contribution >= 4 is 11.6 Å². The maximum atomic E-state index is 15.0. The second-order valence-corrected chi connectivity index (χ2v) is 8.68. The first-order valence-corrected chi connectivity index (χ1v) is 11.5. The van der Waals surface area contributed by atoms with E-state index in [1.54, 1.807) is 23.2 Å². The monoisotopic (exact) mass is 487 g/mol. The standard InChI is InChI=1S/C24H22FN9O2/c1-36-21-6-5-20(34-14-28-30-31-34)18(23(21)25)8-26-24(35)19-12-32(13-27-19)10-17-11-33-9-16(15-2-3-15)4-7-22(33)29-17/h4-7,9,11-15H,2-3,8,10H2,1H3,(H,26,35). The second-order valence-electron chi connectivity index (χ2n) is 8.68. The number of amides is 1. The molecule has 1 fully saturated rings. The van der Waals surface area contributed by atoms with Crippen molar-refractivity contribution in [3.05, 3.63) is 83.8 Å². The van der Waals surface area contributed by atoms with Crippen LogP contribution in [0.3, 0.4) is 0 Å². The minimum atomic E-state index is -0.604. The third-order valence-corrected chi connectivity index (χ3v) is 6.21. The number of pyridine rings is 1. The van der Waals surface area contributed by atoms with Crippen LogP contribution in [-0.2, 0) is 13.1 Å². The number of fused-ring (bicyclic) bond motifs is 1. The summed E-state index contributed by atoms with van der Waals surface area (Å²) >= 11 is 0. The summed E-state index contributed by atoms with van der Waals surface area (Å²) in [6.07, 6.45) is 11.2. The number of rotatable bonds is 8. The van der Waals surface area contributed by atoms with Crippen molar-refractivity contribution in [2.45, 2.75) is 31.8 Å². The summed E-state index contributed by atoms with van der Waals surface area (Å²) in [7, 11) is 1.37. The molecular formula is C24H22FN9O2. The van der Waals surface area contributed by atoms with Gasteiger partial charge in [-0.2, -0.15) is 0 Å². The van der Waals surface area contributed by atoms with Gasteiger partial charge in [0.2, 0.25) is 0 Å². The molecule has 1 aliphatic rings. The maximum Gasteiger partial charge on any atom is 0.271 e. The van der Waals surface area contributed by atoms with E-state index in [1.165, 1.54) is 42.6 Å². The molecule has 4 aromatic heterocycles. The highest BCUT2D eigenvalue weighted by atomic mass is 19.1. The number of carbonyl (C=O) groups is 1. The summed E-state index contributed by atoms with van der Waals surface area (Å²) in [6, 6.07) is 7.27. The number of halogens is 1. The lowest BCUT2D eigenvalue weighted by Gasteiger charge is -2.13. The van der Waals surface area contributed by atoms with Gasteiger partial charge in [0.25, 0.3) is 5.91 Å². The molecular weight excluding hydrogens is 465 g/mol. The first-order valence-electron chi connectivity index (χ1n) is 11.5. The smallest absolute Gasteiger partial charge is 0.271 e. The number of imidazole rings is 2. The Morgan fingerprint density at radius 1 is 1.17 bits per heavy atom. The van der Waals surface area contributed by atoms with Gasteiger partial charge in [-0.25, -0.2) is 19.0 Å². The number of hydrogen-bond acceptors (Lipinski definition) is 7. The zero-order chi connectivity index (χ0) is 24.6. The molecule has 1 aromatic carbocycles. The molecule has 5 aromatic rings. The number of aromatic nitrogens is 8. The average Bonchev–Trinajstić information content (AvgIpc) is 3.24. The van der Waals surface area contributed by atoms with E-state index in [1.807, 2.05) is 16.7 Å². The van der Waals surface area contributed by atoms with Crippen molar-refractivity contribution in [3.8, 4) is 11.4 Å². The van der Waals surface area contributed by atoms with Crippen molar-refractivity contribution in [2.24, 2.45) is 0 Å². The van der Waals surface area contributed by atoms with Gasteiger partial charge in [-0.3, -0.25) is 4.79 Å².